The molecule has 0 amide bonds. The van der Waals surface area contributed by atoms with Gasteiger partial charge in [-0.2, -0.15) is 0 Å². The number of esters is 1. The summed E-state index contributed by atoms with van der Waals surface area (Å²) in [5, 5.41) is 0.774. The van der Waals surface area contributed by atoms with Crippen LogP contribution in [0.15, 0.2) is 51.9 Å². The van der Waals surface area contributed by atoms with Crippen molar-refractivity contribution in [2.75, 3.05) is 7.11 Å². The highest BCUT2D eigenvalue weighted by atomic mass is 79.9. The van der Waals surface area contributed by atoms with Gasteiger partial charge in [-0.05, 0) is 45.8 Å². The summed E-state index contributed by atoms with van der Waals surface area (Å²) in [6.07, 6.45) is 0.459. The minimum absolute atomic E-state index is 0.180. The van der Waals surface area contributed by atoms with Crippen LogP contribution in [0, 0.1) is 0 Å². The van der Waals surface area contributed by atoms with E-state index in [1.54, 1.807) is 24.3 Å². The van der Waals surface area contributed by atoms with E-state index in [0.717, 1.165) is 16.5 Å². The number of H-pyrrole nitrogens is 1. The topological polar surface area (TPSA) is 72.1 Å². The molecule has 23 heavy (non-hydrogen) atoms. The number of halogens is 1. The molecule has 0 saturated heterocycles. The highest BCUT2D eigenvalue weighted by molar-refractivity contribution is 9.10. The van der Waals surface area contributed by atoms with Crippen molar-refractivity contribution in [2.45, 2.75) is 6.42 Å². The Morgan fingerprint density at radius 2 is 2.09 bits per heavy atom. The second kappa shape index (κ2) is 6.34. The molecule has 0 aliphatic carbocycles. The van der Waals surface area contributed by atoms with E-state index in [-0.39, 0.29) is 11.5 Å². The number of hydrogen-bond donors (Lipinski definition) is 1. The maximum atomic E-state index is 11.8. The normalized spacial score (nSPS) is 10.7. The molecule has 0 spiro atoms. The number of ether oxygens (including phenoxy) is 1. The highest BCUT2D eigenvalue weighted by Crippen LogP contribution is 2.19. The summed E-state index contributed by atoms with van der Waals surface area (Å²) in [5.74, 6) is -0.390. The van der Waals surface area contributed by atoms with Crippen LogP contribution in [-0.4, -0.2) is 23.0 Å². The number of carbonyl (C=O) groups is 1. The number of nitrogens with zero attached hydrogens (tertiary/aromatic N) is 1. The Kier molecular flexibility index (Phi) is 4.25. The lowest BCUT2D eigenvalue weighted by atomic mass is 10.0. The fourth-order valence-electron chi connectivity index (χ4n) is 2.45. The second-order valence-corrected chi connectivity index (χ2v) is 5.87. The number of methoxy groups -OCH3 is 1. The van der Waals surface area contributed by atoms with E-state index in [1.165, 1.54) is 13.2 Å². The average molecular weight is 373 g/mol. The van der Waals surface area contributed by atoms with Crippen molar-refractivity contribution < 1.29 is 9.53 Å². The minimum Gasteiger partial charge on any atom is -0.465 e. The lowest BCUT2D eigenvalue weighted by molar-refractivity contribution is 0.0600. The van der Waals surface area contributed by atoms with Gasteiger partial charge >= 0.3 is 5.97 Å². The molecule has 3 rings (SSSR count). The molecule has 116 valence electrons. The summed E-state index contributed by atoms with van der Waals surface area (Å²) in [7, 11) is 1.35. The first kappa shape index (κ1) is 15.4. The van der Waals surface area contributed by atoms with Crippen molar-refractivity contribution in [2.24, 2.45) is 0 Å². The van der Waals surface area contributed by atoms with Crippen LogP contribution in [0.5, 0.6) is 0 Å². The van der Waals surface area contributed by atoms with Gasteiger partial charge in [-0.25, -0.2) is 9.78 Å². The fraction of sp³-hybridized carbons (Fsp3) is 0.118. The van der Waals surface area contributed by atoms with Crippen LogP contribution in [0.25, 0.3) is 10.9 Å². The Hall–Kier alpha value is -2.47. The predicted molar refractivity (Wildman–Crippen MR) is 90.7 cm³/mol. The Balaban J connectivity index is 2.06. The van der Waals surface area contributed by atoms with Crippen molar-refractivity contribution in [1.29, 1.82) is 0 Å². The Morgan fingerprint density at radius 3 is 2.87 bits per heavy atom. The first-order chi connectivity index (χ1) is 11.1. The maximum absolute atomic E-state index is 11.8. The molecular weight excluding hydrogens is 360 g/mol. The van der Waals surface area contributed by atoms with E-state index in [2.05, 4.69) is 25.9 Å². The molecule has 0 radical (unpaired) electrons. The molecule has 0 unspecified atom stereocenters. The number of fused-ring (bicyclic) bond motifs is 1. The second-order valence-electron chi connectivity index (χ2n) is 5.05. The number of aromatic amines is 1. The van der Waals surface area contributed by atoms with Crippen LogP contribution >= 0.6 is 15.9 Å². The summed E-state index contributed by atoms with van der Waals surface area (Å²) in [4.78, 5) is 30.7. The SMILES string of the molecule is COC(=O)c1cccc(Cc2[nH]c(=O)cc3ccc(Br)nc23)c1. The zero-order valence-corrected chi connectivity index (χ0v) is 13.9. The van der Waals surface area contributed by atoms with E-state index in [9.17, 15) is 9.59 Å². The molecule has 0 fully saturated rings. The average Bonchev–Trinajstić information content (AvgIpc) is 2.55. The lowest BCUT2D eigenvalue weighted by Gasteiger charge is -2.07. The zero-order chi connectivity index (χ0) is 16.4. The summed E-state index contributed by atoms with van der Waals surface area (Å²) < 4.78 is 5.43. The molecule has 0 bridgehead atoms. The van der Waals surface area contributed by atoms with Crippen LogP contribution in [0.2, 0.25) is 0 Å². The fourth-order valence-corrected chi connectivity index (χ4v) is 2.76. The van der Waals surface area contributed by atoms with Crippen molar-refractivity contribution >= 4 is 32.8 Å². The van der Waals surface area contributed by atoms with Gasteiger partial charge in [-0.3, -0.25) is 4.79 Å². The van der Waals surface area contributed by atoms with Gasteiger partial charge in [0.25, 0.3) is 0 Å². The van der Waals surface area contributed by atoms with Gasteiger partial charge in [-0.15, -0.1) is 0 Å². The maximum Gasteiger partial charge on any atom is 0.337 e. The molecule has 6 heteroatoms. The number of nitrogens with one attached hydrogen (secondary N) is 1. The minimum atomic E-state index is -0.390. The third-order valence-corrected chi connectivity index (χ3v) is 3.91. The van der Waals surface area contributed by atoms with Gasteiger partial charge in [-0.1, -0.05) is 12.1 Å². The molecule has 2 heterocycles. The lowest BCUT2D eigenvalue weighted by Crippen LogP contribution is -2.10. The third-order valence-electron chi connectivity index (χ3n) is 3.47. The zero-order valence-electron chi connectivity index (χ0n) is 12.3. The van der Waals surface area contributed by atoms with Crippen LogP contribution in [0.1, 0.15) is 21.6 Å². The third kappa shape index (κ3) is 3.32. The molecule has 1 aromatic carbocycles. The molecule has 0 atom stereocenters. The molecule has 3 aromatic rings. The molecule has 0 saturated carbocycles. The van der Waals surface area contributed by atoms with E-state index < -0.39 is 0 Å². The van der Waals surface area contributed by atoms with E-state index in [4.69, 9.17) is 4.74 Å². The Labute approximate surface area is 140 Å². The molecule has 0 aliphatic heterocycles. The number of rotatable bonds is 3. The first-order valence-electron chi connectivity index (χ1n) is 6.92. The summed E-state index contributed by atoms with van der Waals surface area (Å²) in [6.45, 7) is 0. The van der Waals surface area contributed by atoms with E-state index in [0.29, 0.717) is 22.3 Å². The van der Waals surface area contributed by atoms with E-state index >= 15 is 0 Å². The number of carbonyl (C=O) groups excluding carboxylic acids is 1. The van der Waals surface area contributed by atoms with Gasteiger partial charge in [0.2, 0.25) is 5.56 Å². The smallest absolute Gasteiger partial charge is 0.337 e. The Morgan fingerprint density at radius 1 is 1.26 bits per heavy atom. The van der Waals surface area contributed by atoms with Crippen LogP contribution in [0.3, 0.4) is 0 Å². The quantitative estimate of drug-likeness (QED) is 0.566. The van der Waals surface area contributed by atoms with Gasteiger partial charge < -0.3 is 9.72 Å². The van der Waals surface area contributed by atoms with Gasteiger partial charge in [0.15, 0.2) is 0 Å². The van der Waals surface area contributed by atoms with Gasteiger partial charge in [0.1, 0.15) is 4.60 Å². The van der Waals surface area contributed by atoms with Crippen LogP contribution in [0.4, 0.5) is 0 Å². The van der Waals surface area contributed by atoms with E-state index in [1.807, 2.05) is 12.1 Å². The number of pyridine rings is 2. The summed E-state index contributed by atoms with van der Waals surface area (Å²) in [6, 6.07) is 12.3. The number of aromatic nitrogens is 2. The largest absolute Gasteiger partial charge is 0.465 e. The molecule has 1 N–H and O–H groups in total. The van der Waals surface area contributed by atoms with Crippen molar-refractivity contribution in [1.82, 2.24) is 9.97 Å². The van der Waals surface area contributed by atoms with Crippen LogP contribution < -0.4 is 5.56 Å². The summed E-state index contributed by atoms with van der Waals surface area (Å²) >= 11 is 3.35. The van der Waals surface area contributed by atoms with Gasteiger partial charge in [0, 0.05) is 23.6 Å². The predicted octanol–water partition coefficient (Wildman–Crippen LogP) is 3.06. The molecule has 5 nitrogen and oxygen atoms in total. The Bertz CT molecular complexity index is 950. The highest BCUT2D eigenvalue weighted by Gasteiger charge is 2.10. The molecule has 2 aromatic heterocycles. The monoisotopic (exact) mass is 372 g/mol. The number of benzene rings is 1. The van der Waals surface area contributed by atoms with Gasteiger partial charge in [0.05, 0.1) is 18.2 Å². The van der Waals surface area contributed by atoms with Crippen molar-refractivity contribution in [3.63, 3.8) is 0 Å². The van der Waals surface area contributed by atoms with Crippen LogP contribution in [-0.2, 0) is 11.2 Å². The summed E-state index contributed by atoms with van der Waals surface area (Å²) in [5.41, 5.74) is 2.61. The number of hydrogen-bond acceptors (Lipinski definition) is 4. The standard InChI is InChI=1S/C17H13BrN2O3/c1-23-17(22)12-4-2-3-10(7-12)8-13-16-11(9-15(21)19-13)5-6-14(18)20-16/h2-7,9H,8H2,1H3,(H,19,21). The first-order valence-corrected chi connectivity index (χ1v) is 7.72. The van der Waals surface area contributed by atoms with Crippen molar-refractivity contribution in [3.8, 4) is 0 Å². The molecular formula is C17H13BrN2O3. The van der Waals surface area contributed by atoms with Crippen molar-refractivity contribution in [3.05, 3.63) is 74.2 Å². The molecule has 0 aliphatic rings.